The van der Waals surface area contributed by atoms with Gasteiger partial charge in [-0.05, 0) is 25.1 Å². The quantitative estimate of drug-likeness (QED) is 0.788. The van der Waals surface area contributed by atoms with E-state index in [1.54, 1.807) is 19.1 Å². The van der Waals surface area contributed by atoms with E-state index >= 15 is 0 Å². The fourth-order valence-corrected chi connectivity index (χ4v) is 2.19. The zero-order chi connectivity index (χ0) is 15.4. The van der Waals surface area contributed by atoms with E-state index in [1.165, 1.54) is 12.1 Å². The maximum atomic E-state index is 12.0. The lowest BCUT2D eigenvalue weighted by Gasteiger charge is -2.16. The van der Waals surface area contributed by atoms with Crippen LogP contribution in [0.1, 0.15) is 6.92 Å². The minimum Gasteiger partial charge on any atom is -0.479 e. The SMILES string of the molecule is C[C@H](Oc1cc(Cl)c(Cl)cc1Cl)C(=O)Nc1ccccc1. The molecule has 0 bridgehead atoms. The van der Waals surface area contributed by atoms with Crippen molar-refractivity contribution in [1.82, 2.24) is 0 Å². The van der Waals surface area contributed by atoms with Crippen molar-refractivity contribution in [2.45, 2.75) is 13.0 Å². The van der Waals surface area contributed by atoms with Gasteiger partial charge in [-0.15, -0.1) is 0 Å². The minimum atomic E-state index is -0.736. The molecule has 0 spiro atoms. The summed E-state index contributed by atoms with van der Waals surface area (Å²) in [6, 6.07) is 12.1. The zero-order valence-electron chi connectivity index (χ0n) is 11.1. The number of carbonyl (C=O) groups is 1. The average Bonchev–Trinajstić information content (AvgIpc) is 2.45. The molecule has 6 heteroatoms. The van der Waals surface area contributed by atoms with E-state index in [4.69, 9.17) is 39.5 Å². The normalized spacial score (nSPS) is 11.8. The highest BCUT2D eigenvalue weighted by Crippen LogP contribution is 2.34. The monoisotopic (exact) mass is 343 g/mol. The van der Waals surface area contributed by atoms with Gasteiger partial charge in [0.15, 0.2) is 6.10 Å². The van der Waals surface area contributed by atoms with E-state index in [1.807, 2.05) is 18.2 Å². The number of ether oxygens (including phenoxy) is 1. The summed E-state index contributed by atoms with van der Waals surface area (Å²) < 4.78 is 5.53. The van der Waals surface area contributed by atoms with Crippen molar-refractivity contribution in [2.24, 2.45) is 0 Å². The molecule has 0 radical (unpaired) electrons. The molecule has 2 rings (SSSR count). The van der Waals surface area contributed by atoms with E-state index < -0.39 is 6.10 Å². The molecule has 0 saturated carbocycles. The summed E-state index contributed by atoms with van der Waals surface area (Å²) >= 11 is 17.8. The van der Waals surface area contributed by atoms with Crippen LogP contribution in [0, 0.1) is 0 Å². The highest BCUT2D eigenvalue weighted by atomic mass is 35.5. The van der Waals surface area contributed by atoms with Crippen LogP contribution in [0.3, 0.4) is 0 Å². The van der Waals surface area contributed by atoms with Gasteiger partial charge in [0, 0.05) is 11.8 Å². The van der Waals surface area contributed by atoms with Crippen molar-refractivity contribution in [2.75, 3.05) is 5.32 Å². The Morgan fingerprint density at radius 3 is 2.33 bits per heavy atom. The van der Waals surface area contributed by atoms with Gasteiger partial charge in [-0.1, -0.05) is 53.0 Å². The Morgan fingerprint density at radius 2 is 1.67 bits per heavy atom. The number of hydrogen-bond donors (Lipinski definition) is 1. The number of anilines is 1. The lowest BCUT2D eigenvalue weighted by Crippen LogP contribution is -2.30. The summed E-state index contributed by atoms with van der Waals surface area (Å²) in [5.41, 5.74) is 0.693. The molecule has 0 saturated heterocycles. The molecule has 110 valence electrons. The van der Waals surface area contributed by atoms with Crippen molar-refractivity contribution < 1.29 is 9.53 Å². The van der Waals surface area contributed by atoms with Gasteiger partial charge in [-0.2, -0.15) is 0 Å². The number of halogens is 3. The van der Waals surface area contributed by atoms with E-state index in [0.29, 0.717) is 26.5 Å². The maximum Gasteiger partial charge on any atom is 0.265 e. The molecule has 0 heterocycles. The molecule has 21 heavy (non-hydrogen) atoms. The standard InChI is InChI=1S/C15H12Cl3NO2/c1-9(15(20)19-10-5-3-2-4-6-10)21-14-8-12(17)11(16)7-13(14)18/h2-9H,1H3,(H,19,20)/t9-/m0/s1. The van der Waals surface area contributed by atoms with E-state index in [-0.39, 0.29) is 5.91 Å². The van der Waals surface area contributed by atoms with Crippen molar-refractivity contribution in [3.8, 4) is 5.75 Å². The van der Waals surface area contributed by atoms with Crippen LogP contribution in [0.15, 0.2) is 42.5 Å². The fourth-order valence-electron chi connectivity index (χ4n) is 1.60. The molecule has 0 aliphatic rings. The van der Waals surface area contributed by atoms with Gasteiger partial charge >= 0.3 is 0 Å². The van der Waals surface area contributed by atoms with Crippen LogP contribution in [0.4, 0.5) is 5.69 Å². The van der Waals surface area contributed by atoms with Gasteiger partial charge in [0.2, 0.25) is 0 Å². The largest absolute Gasteiger partial charge is 0.479 e. The van der Waals surface area contributed by atoms with Gasteiger partial charge in [0.1, 0.15) is 5.75 Å². The second-order valence-electron chi connectivity index (χ2n) is 4.31. The number of amides is 1. The molecule has 3 nitrogen and oxygen atoms in total. The molecule has 1 N–H and O–H groups in total. The summed E-state index contributed by atoms with van der Waals surface area (Å²) in [5, 5.41) is 3.68. The molecule has 2 aromatic rings. The van der Waals surface area contributed by atoms with E-state index in [2.05, 4.69) is 5.32 Å². The second-order valence-corrected chi connectivity index (χ2v) is 5.53. The Hall–Kier alpha value is -1.42. The number of benzene rings is 2. The third-order valence-electron chi connectivity index (χ3n) is 2.69. The van der Waals surface area contributed by atoms with Crippen LogP contribution in [0.25, 0.3) is 0 Å². The van der Waals surface area contributed by atoms with E-state index in [9.17, 15) is 4.79 Å². The summed E-state index contributed by atoms with van der Waals surface area (Å²) in [7, 11) is 0. The van der Waals surface area contributed by atoms with Gasteiger partial charge < -0.3 is 10.1 Å². The number of para-hydroxylation sites is 1. The molecule has 0 aromatic heterocycles. The summed E-state index contributed by atoms with van der Waals surface area (Å²) in [5.74, 6) is 0.0186. The van der Waals surface area contributed by atoms with Crippen molar-refractivity contribution >= 4 is 46.4 Å². The first-order valence-electron chi connectivity index (χ1n) is 6.14. The van der Waals surface area contributed by atoms with Crippen LogP contribution in [0.5, 0.6) is 5.75 Å². The third kappa shape index (κ3) is 4.27. The topological polar surface area (TPSA) is 38.3 Å². The van der Waals surface area contributed by atoms with Crippen LogP contribution in [-0.2, 0) is 4.79 Å². The Bertz CT molecular complexity index is 647. The predicted molar refractivity (Wildman–Crippen MR) is 86.6 cm³/mol. The molecule has 1 atom stereocenters. The van der Waals surface area contributed by atoms with Crippen LogP contribution in [0.2, 0.25) is 15.1 Å². The fraction of sp³-hybridized carbons (Fsp3) is 0.133. The second kappa shape index (κ2) is 7.03. The zero-order valence-corrected chi connectivity index (χ0v) is 13.3. The van der Waals surface area contributed by atoms with Crippen LogP contribution >= 0.6 is 34.8 Å². The Balaban J connectivity index is 2.06. The predicted octanol–water partition coefficient (Wildman–Crippen LogP) is 5.05. The van der Waals surface area contributed by atoms with Gasteiger partial charge in [-0.3, -0.25) is 4.79 Å². The molecule has 0 unspecified atom stereocenters. The van der Waals surface area contributed by atoms with Crippen molar-refractivity contribution in [3.05, 3.63) is 57.5 Å². The van der Waals surface area contributed by atoms with Crippen molar-refractivity contribution in [1.29, 1.82) is 0 Å². The molecule has 1 amide bonds. The molecule has 0 aliphatic heterocycles. The summed E-state index contributed by atoms with van der Waals surface area (Å²) in [6.07, 6.45) is -0.736. The van der Waals surface area contributed by atoms with Crippen LogP contribution < -0.4 is 10.1 Å². The Labute approximate surface area is 137 Å². The lowest BCUT2D eigenvalue weighted by molar-refractivity contribution is -0.122. The Kier molecular flexibility index (Phi) is 5.34. The average molecular weight is 345 g/mol. The number of rotatable bonds is 4. The lowest BCUT2D eigenvalue weighted by atomic mass is 10.3. The summed E-state index contributed by atoms with van der Waals surface area (Å²) in [6.45, 7) is 1.62. The highest BCUT2D eigenvalue weighted by molar-refractivity contribution is 6.43. The summed E-state index contributed by atoms with van der Waals surface area (Å²) in [4.78, 5) is 12.0. The first-order chi connectivity index (χ1) is 9.97. The molecular weight excluding hydrogens is 333 g/mol. The molecular formula is C15H12Cl3NO2. The van der Waals surface area contributed by atoms with E-state index in [0.717, 1.165) is 0 Å². The van der Waals surface area contributed by atoms with Gasteiger partial charge in [-0.25, -0.2) is 0 Å². The van der Waals surface area contributed by atoms with Crippen molar-refractivity contribution in [3.63, 3.8) is 0 Å². The van der Waals surface area contributed by atoms with Gasteiger partial charge in [0.05, 0.1) is 15.1 Å². The molecule has 0 fully saturated rings. The number of nitrogens with one attached hydrogen (secondary N) is 1. The Morgan fingerprint density at radius 1 is 1.05 bits per heavy atom. The third-order valence-corrected chi connectivity index (χ3v) is 3.71. The van der Waals surface area contributed by atoms with Gasteiger partial charge in [0.25, 0.3) is 5.91 Å². The number of hydrogen-bond acceptors (Lipinski definition) is 2. The minimum absolute atomic E-state index is 0.289. The molecule has 0 aliphatic carbocycles. The maximum absolute atomic E-state index is 12.0. The first kappa shape index (κ1) is 16.0. The number of carbonyl (C=O) groups excluding carboxylic acids is 1. The first-order valence-corrected chi connectivity index (χ1v) is 7.28. The molecule has 2 aromatic carbocycles. The smallest absolute Gasteiger partial charge is 0.265 e. The highest BCUT2D eigenvalue weighted by Gasteiger charge is 2.17. The van der Waals surface area contributed by atoms with Crippen LogP contribution in [-0.4, -0.2) is 12.0 Å².